The van der Waals surface area contributed by atoms with Crippen LogP contribution in [0.2, 0.25) is 0 Å². The van der Waals surface area contributed by atoms with Gasteiger partial charge in [0, 0.05) is 11.6 Å². The minimum absolute atomic E-state index is 0.182. The van der Waals surface area contributed by atoms with Crippen molar-refractivity contribution in [2.45, 2.75) is 13.3 Å². The van der Waals surface area contributed by atoms with Gasteiger partial charge in [-0.1, -0.05) is 6.92 Å². The van der Waals surface area contributed by atoms with Crippen LogP contribution in [-0.2, 0) is 6.42 Å². The molecule has 2 aromatic rings. The summed E-state index contributed by atoms with van der Waals surface area (Å²) in [7, 11) is 1.44. The summed E-state index contributed by atoms with van der Waals surface area (Å²) < 4.78 is 18.3. The Morgan fingerprint density at radius 2 is 2.35 bits per heavy atom. The van der Waals surface area contributed by atoms with Gasteiger partial charge in [-0.15, -0.1) is 0 Å². The second-order valence-electron chi connectivity index (χ2n) is 3.80. The van der Waals surface area contributed by atoms with E-state index in [4.69, 9.17) is 4.74 Å². The lowest BCUT2D eigenvalue weighted by molar-refractivity contribution is 0.379. The molecule has 2 heterocycles. The highest BCUT2D eigenvalue weighted by atomic mass is 19.1. The number of halogens is 1. The van der Waals surface area contributed by atoms with Gasteiger partial charge in [0.2, 0.25) is 0 Å². The van der Waals surface area contributed by atoms with Crippen molar-refractivity contribution >= 4 is 11.0 Å². The number of nitrogens with zero attached hydrogens (tertiary/aromatic N) is 1. The summed E-state index contributed by atoms with van der Waals surface area (Å²) in [5.74, 6) is -0.401. The predicted octanol–water partition coefficient (Wildman–Crippen LogP) is 1.86. The number of hydrogen-bond acceptors (Lipinski definition) is 3. The molecule has 2 aromatic heterocycles. The number of rotatable bonds is 5. The number of pyridine rings is 1. The molecule has 5 heteroatoms. The van der Waals surface area contributed by atoms with Gasteiger partial charge in [-0.2, -0.15) is 9.37 Å². The molecule has 0 saturated heterocycles. The van der Waals surface area contributed by atoms with Gasteiger partial charge < -0.3 is 15.0 Å². The van der Waals surface area contributed by atoms with E-state index in [1.54, 1.807) is 6.07 Å². The summed E-state index contributed by atoms with van der Waals surface area (Å²) in [6.07, 6.45) is 2.75. The Morgan fingerprint density at radius 3 is 3.06 bits per heavy atom. The van der Waals surface area contributed by atoms with E-state index in [-0.39, 0.29) is 5.75 Å². The third-order valence-corrected chi connectivity index (χ3v) is 2.71. The Hall–Kier alpha value is -1.62. The standard InChI is InChI=1S/C12H16FN3O/c1-3-14-5-4-8-7-15-12-9(8)6-10(17-2)11(13)16-12/h6-7,14H,3-5H2,1-2H3,(H,15,16). The molecule has 2 rings (SSSR count). The maximum atomic E-state index is 13.4. The predicted molar refractivity (Wildman–Crippen MR) is 64.9 cm³/mol. The molecule has 0 aromatic carbocycles. The zero-order valence-electron chi connectivity index (χ0n) is 10.0. The largest absolute Gasteiger partial charge is 0.492 e. The molecular weight excluding hydrogens is 221 g/mol. The third-order valence-electron chi connectivity index (χ3n) is 2.71. The van der Waals surface area contributed by atoms with E-state index < -0.39 is 5.95 Å². The van der Waals surface area contributed by atoms with Gasteiger partial charge in [0.25, 0.3) is 5.95 Å². The van der Waals surface area contributed by atoms with Crippen molar-refractivity contribution in [2.24, 2.45) is 0 Å². The summed E-state index contributed by atoms with van der Waals surface area (Å²) in [6, 6.07) is 1.69. The fraction of sp³-hybridized carbons (Fsp3) is 0.417. The topological polar surface area (TPSA) is 49.9 Å². The van der Waals surface area contributed by atoms with Crippen LogP contribution in [0.4, 0.5) is 4.39 Å². The molecule has 92 valence electrons. The Kier molecular flexibility index (Phi) is 3.58. The average Bonchev–Trinajstić information content (AvgIpc) is 2.71. The monoisotopic (exact) mass is 237 g/mol. The second kappa shape index (κ2) is 5.14. The first-order chi connectivity index (χ1) is 8.26. The highest BCUT2D eigenvalue weighted by Gasteiger charge is 2.10. The lowest BCUT2D eigenvalue weighted by Crippen LogP contribution is -2.15. The molecule has 0 atom stereocenters. The smallest absolute Gasteiger partial charge is 0.257 e. The summed E-state index contributed by atoms with van der Waals surface area (Å²) in [5, 5.41) is 4.17. The Labute approximate surface area is 99.2 Å². The van der Waals surface area contributed by atoms with Crippen LogP contribution in [0, 0.1) is 5.95 Å². The molecule has 0 aliphatic carbocycles. The second-order valence-corrected chi connectivity index (χ2v) is 3.80. The molecule has 0 amide bonds. The Balaban J connectivity index is 2.31. The Morgan fingerprint density at radius 1 is 1.53 bits per heavy atom. The van der Waals surface area contributed by atoms with Crippen molar-refractivity contribution in [3.63, 3.8) is 0 Å². The highest BCUT2D eigenvalue weighted by Crippen LogP contribution is 2.24. The van der Waals surface area contributed by atoms with Crippen molar-refractivity contribution < 1.29 is 9.13 Å². The maximum Gasteiger partial charge on any atom is 0.257 e. The van der Waals surface area contributed by atoms with Gasteiger partial charge in [-0.05, 0) is 31.1 Å². The number of fused-ring (bicyclic) bond motifs is 1. The number of aromatic nitrogens is 2. The number of likely N-dealkylation sites (N-methyl/N-ethyl adjacent to an activating group) is 1. The first-order valence-electron chi connectivity index (χ1n) is 5.67. The number of H-pyrrole nitrogens is 1. The van der Waals surface area contributed by atoms with Gasteiger partial charge in [0.15, 0.2) is 5.75 Å². The number of methoxy groups -OCH3 is 1. The van der Waals surface area contributed by atoms with Crippen molar-refractivity contribution in [3.8, 4) is 5.75 Å². The molecule has 4 nitrogen and oxygen atoms in total. The van der Waals surface area contributed by atoms with Crippen LogP contribution in [0.25, 0.3) is 11.0 Å². The fourth-order valence-electron chi connectivity index (χ4n) is 1.81. The summed E-state index contributed by atoms with van der Waals surface area (Å²) >= 11 is 0. The van der Waals surface area contributed by atoms with Crippen LogP contribution in [0.15, 0.2) is 12.3 Å². The van der Waals surface area contributed by atoms with E-state index in [9.17, 15) is 4.39 Å². The van der Waals surface area contributed by atoms with Gasteiger partial charge in [-0.3, -0.25) is 0 Å². The van der Waals surface area contributed by atoms with E-state index in [2.05, 4.69) is 22.2 Å². The molecule has 0 fully saturated rings. The van der Waals surface area contributed by atoms with E-state index >= 15 is 0 Å². The lowest BCUT2D eigenvalue weighted by atomic mass is 10.1. The minimum Gasteiger partial charge on any atom is -0.492 e. The molecule has 0 saturated carbocycles. The van der Waals surface area contributed by atoms with Crippen LogP contribution >= 0.6 is 0 Å². The number of ether oxygens (including phenoxy) is 1. The number of hydrogen-bond donors (Lipinski definition) is 2. The molecule has 0 unspecified atom stereocenters. The van der Waals surface area contributed by atoms with Gasteiger partial charge >= 0.3 is 0 Å². The zero-order chi connectivity index (χ0) is 12.3. The summed E-state index contributed by atoms with van der Waals surface area (Å²) in [5.41, 5.74) is 1.68. The fourth-order valence-corrected chi connectivity index (χ4v) is 1.81. The summed E-state index contributed by atoms with van der Waals surface area (Å²) in [6.45, 7) is 3.90. The van der Waals surface area contributed by atoms with Crippen LogP contribution < -0.4 is 10.1 Å². The first-order valence-corrected chi connectivity index (χ1v) is 5.67. The van der Waals surface area contributed by atoms with Crippen LogP contribution in [0.1, 0.15) is 12.5 Å². The average molecular weight is 237 g/mol. The first kappa shape index (κ1) is 11.9. The zero-order valence-corrected chi connectivity index (χ0v) is 10.0. The van der Waals surface area contributed by atoms with Crippen LogP contribution in [0.3, 0.4) is 0 Å². The minimum atomic E-state index is -0.583. The maximum absolute atomic E-state index is 13.4. The molecule has 0 bridgehead atoms. The van der Waals surface area contributed by atoms with Crippen molar-refractivity contribution in [1.82, 2.24) is 15.3 Å². The van der Waals surface area contributed by atoms with Crippen LogP contribution in [-0.4, -0.2) is 30.2 Å². The molecule has 0 radical (unpaired) electrons. The molecular formula is C12H16FN3O. The van der Waals surface area contributed by atoms with Crippen molar-refractivity contribution in [1.29, 1.82) is 0 Å². The number of nitrogens with one attached hydrogen (secondary N) is 2. The molecule has 17 heavy (non-hydrogen) atoms. The van der Waals surface area contributed by atoms with E-state index in [0.717, 1.165) is 30.5 Å². The summed E-state index contributed by atoms with van der Waals surface area (Å²) in [4.78, 5) is 6.80. The van der Waals surface area contributed by atoms with Gasteiger partial charge in [-0.25, -0.2) is 0 Å². The van der Waals surface area contributed by atoms with Crippen molar-refractivity contribution in [2.75, 3.05) is 20.2 Å². The molecule has 0 aliphatic heterocycles. The van der Waals surface area contributed by atoms with E-state index in [1.165, 1.54) is 7.11 Å². The molecule has 2 N–H and O–H groups in total. The SMILES string of the molecule is CCNCCc1c[nH]c2nc(F)c(OC)cc12. The lowest BCUT2D eigenvalue weighted by Gasteiger charge is -2.03. The number of aromatic amines is 1. The Bertz CT molecular complexity index is 510. The normalized spacial score (nSPS) is 11.0. The van der Waals surface area contributed by atoms with Gasteiger partial charge in [0.1, 0.15) is 5.65 Å². The van der Waals surface area contributed by atoms with Crippen LogP contribution in [0.5, 0.6) is 5.75 Å². The van der Waals surface area contributed by atoms with Gasteiger partial charge in [0.05, 0.1) is 7.11 Å². The molecule has 0 spiro atoms. The van der Waals surface area contributed by atoms with E-state index in [0.29, 0.717) is 5.65 Å². The quantitative estimate of drug-likeness (QED) is 0.616. The molecule has 0 aliphatic rings. The third kappa shape index (κ3) is 2.39. The highest BCUT2D eigenvalue weighted by molar-refractivity contribution is 5.81. The van der Waals surface area contributed by atoms with E-state index in [1.807, 2.05) is 6.20 Å². The van der Waals surface area contributed by atoms with Crippen molar-refractivity contribution in [3.05, 3.63) is 23.8 Å².